The molecule has 0 aliphatic rings. The molecule has 0 fully saturated rings. The number of rotatable bonds is 4. The van der Waals surface area contributed by atoms with Crippen LogP contribution in [0.1, 0.15) is 16.1 Å². The molecule has 0 unspecified atom stereocenters. The molecule has 0 radical (unpaired) electrons. The average molecular weight is 291 g/mol. The van der Waals surface area contributed by atoms with Crippen molar-refractivity contribution in [2.45, 2.75) is 0 Å². The average Bonchev–Trinajstić information content (AvgIpc) is 3.03. The second-order valence-electron chi connectivity index (χ2n) is 3.81. The standard InChI is InChI=1S/C10H9N7O4/c1-16-8(5(3-11)4-12-16)13-9(18)6-7(17(19)20)10(21-2)15-14-6/h4H,1-2H3,(H,13,18)(H,14,15). The van der Waals surface area contributed by atoms with Gasteiger partial charge in [0.2, 0.25) is 5.69 Å². The summed E-state index contributed by atoms with van der Waals surface area (Å²) in [4.78, 5) is 22.3. The lowest BCUT2D eigenvalue weighted by atomic mass is 10.3. The van der Waals surface area contributed by atoms with Crippen LogP contribution < -0.4 is 10.1 Å². The first-order valence-corrected chi connectivity index (χ1v) is 5.49. The van der Waals surface area contributed by atoms with E-state index in [2.05, 4.69) is 20.6 Å². The van der Waals surface area contributed by atoms with Crippen LogP contribution in [0, 0.1) is 21.4 Å². The van der Waals surface area contributed by atoms with Crippen molar-refractivity contribution in [1.82, 2.24) is 20.0 Å². The number of ether oxygens (including phenoxy) is 1. The molecule has 0 bridgehead atoms. The van der Waals surface area contributed by atoms with Crippen LogP contribution in [0.25, 0.3) is 0 Å². The van der Waals surface area contributed by atoms with Crippen LogP contribution in [0.3, 0.4) is 0 Å². The number of aromatic amines is 1. The molecule has 2 aromatic rings. The maximum Gasteiger partial charge on any atom is 0.362 e. The van der Waals surface area contributed by atoms with E-state index in [1.165, 1.54) is 25.0 Å². The van der Waals surface area contributed by atoms with Crippen molar-refractivity contribution in [3.8, 4) is 11.9 Å². The van der Waals surface area contributed by atoms with E-state index in [0.29, 0.717) is 0 Å². The Balaban J connectivity index is 2.38. The smallest absolute Gasteiger partial charge is 0.362 e. The molecule has 21 heavy (non-hydrogen) atoms. The Bertz CT molecular complexity index is 754. The van der Waals surface area contributed by atoms with Gasteiger partial charge in [0.05, 0.1) is 18.2 Å². The normalized spacial score (nSPS) is 9.95. The predicted octanol–water partition coefficient (Wildman–Crippen LogP) is 0.184. The Labute approximate surface area is 117 Å². The molecule has 0 saturated heterocycles. The van der Waals surface area contributed by atoms with E-state index in [-0.39, 0.29) is 23.0 Å². The van der Waals surface area contributed by atoms with Gasteiger partial charge < -0.3 is 10.1 Å². The lowest BCUT2D eigenvalue weighted by Gasteiger charge is -2.04. The Morgan fingerprint density at radius 1 is 1.67 bits per heavy atom. The van der Waals surface area contributed by atoms with Crippen LogP contribution in [-0.2, 0) is 7.05 Å². The molecule has 11 nitrogen and oxygen atoms in total. The SMILES string of the molecule is COc1n[nH]c(C(=O)Nc2c(C#N)cnn2C)c1[N+](=O)[O-]. The summed E-state index contributed by atoms with van der Waals surface area (Å²) < 4.78 is 5.97. The monoisotopic (exact) mass is 291 g/mol. The van der Waals surface area contributed by atoms with E-state index in [9.17, 15) is 14.9 Å². The van der Waals surface area contributed by atoms with Gasteiger partial charge in [-0.05, 0) is 0 Å². The van der Waals surface area contributed by atoms with E-state index >= 15 is 0 Å². The van der Waals surface area contributed by atoms with Crippen LogP contribution in [-0.4, -0.2) is 37.9 Å². The number of hydrogen-bond acceptors (Lipinski definition) is 7. The van der Waals surface area contributed by atoms with Crippen LogP contribution in [0.5, 0.6) is 5.88 Å². The zero-order valence-corrected chi connectivity index (χ0v) is 10.9. The van der Waals surface area contributed by atoms with Gasteiger partial charge in [0.15, 0.2) is 0 Å². The second-order valence-corrected chi connectivity index (χ2v) is 3.81. The van der Waals surface area contributed by atoms with Crippen LogP contribution >= 0.6 is 0 Å². The number of H-pyrrole nitrogens is 1. The van der Waals surface area contributed by atoms with Crippen LogP contribution in [0.2, 0.25) is 0 Å². The zero-order chi connectivity index (χ0) is 15.6. The molecule has 2 aromatic heterocycles. The molecule has 0 spiro atoms. The molecular weight excluding hydrogens is 282 g/mol. The number of nitrogens with zero attached hydrogens (tertiary/aromatic N) is 5. The van der Waals surface area contributed by atoms with Gasteiger partial charge >= 0.3 is 11.6 Å². The van der Waals surface area contributed by atoms with Crippen molar-refractivity contribution >= 4 is 17.4 Å². The molecule has 0 aliphatic heterocycles. The molecular formula is C10H9N7O4. The quantitative estimate of drug-likeness (QED) is 0.602. The Kier molecular flexibility index (Phi) is 3.53. The zero-order valence-electron chi connectivity index (χ0n) is 10.9. The predicted molar refractivity (Wildman–Crippen MR) is 67.7 cm³/mol. The number of hydrogen-bond donors (Lipinski definition) is 2. The highest BCUT2D eigenvalue weighted by molar-refractivity contribution is 6.06. The van der Waals surface area contributed by atoms with Gasteiger partial charge in [0, 0.05) is 7.05 Å². The van der Waals surface area contributed by atoms with Gasteiger partial charge in [0.25, 0.3) is 5.91 Å². The van der Waals surface area contributed by atoms with Crippen molar-refractivity contribution in [3.63, 3.8) is 0 Å². The number of anilines is 1. The van der Waals surface area contributed by atoms with E-state index in [4.69, 9.17) is 10.00 Å². The molecule has 0 aliphatic carbocycles. The summed E-state index contributed by atoms with van der Waals surface area (Å²) in [6.45, 7) is 0. The number of methoxy groups -OCH3 is 1. The highest BCUT2D eigenvalue weighted by Crippen LogP contribution is 2.28. The number of nitro groups is 1. The lowest BCUT2D eigenvalue weighted by Crippen LogP contribution is -2.17. The summed E-state index contributed by atoms with van der Waals surface area (Å²) in [6.07, 6.45) is 1.26. The number of carbonyl (C=O) groups is 1. The first-order chi connectivity index (χ1) is 9.99. The van der Waals surface area contributed by atoms with E-state index < -0.39 is 16.5 Å². The molecule has 0 atom stereocenters. The van der Waals surface area contributed by atoms with Gasteiger partial charge in [-0.25, -0.2) is 0 Å². The molecule has 2 heterocycles. The van der Waals surface area contributed by atoms with E-state index in [1.54, 1.807) is 0 Å². The first kappa shape index (κ1) is 14.0. The maximum atomic E-state index is 12.1. The maximum absolute atomic E-state index is 12.1. The first-order valence-electron chi connectivity index (χ1n) is 5.49. The van der Waals surface area contributed by atoms with Gasteiger partial charge in [0.1, 0.15) is 17.5 Å². The fourth-order valence-electron chi connectivity index (χ4n) is 1.63. The molecule has 0 aromatic carbocycles. The minimum Gasteiger partial charge on any atom is -0.475 e. The Morgan fingerprint density at radius 3 is 2.95 bits per heavy atom. The second kappa shape index (κ2) is 5.29. The van der Waals surface area contributed by atoms with Gasteiger partial charge in [-0.15, -0.1) is 5.10 Å². The number of aromatic nitrogens is 4. The van der Waals surface area contributed by atoms with Crippen molar-refractivity contribution in [3.05, 3.63) is 27.6 Å². The van der Waals surface area contributed by atoms with Crippen molar-refractivity contribution < 1.29 is 14.5 Å². The van der Waals surface area contributed by atoms with Crippen molar-refractivity contribution in [2.24, 2.45) is 7.05 Å². The third kappa shape index (κ3) is 2.37. The molecule has 0 saturated carbocycles. The minimum atomic E-state index is -0.836. The van der Waals surface area contributed by atoms with E-state index in [0.717, 1.165) is 0 Å². The van der Waals surface area contributed by atoms with E-state index in [1.807, 2.05) is 6.07 Å². The molecule has 2 N–H and O–H groups in total. The lowest BCUT2D eigenvalue weighted by molar-refractivity contribution is -0.386. The molecule has 2 rings (SSSR count). The summed E-state index contributed by atoms with van der Waals surface area (Å²) in [5, 5.41) is 31.8. The Morgan fingerprint density at radius 2 is 2.38 bits per heavy atom. The minimum absolute atomic E-state index is 0.116. The fourth-order valence-corrected chi connectivity index (χ4v) is 1.63. The number of carbonyl (C=O) groups excluding carboxylic acids is 1. The van der Waals surface area contributed by atoms with Crippen LogP contribution in [0.4, 0.5) is 11.5 Å². The van der Waals surface area contributed by atoms with Crippen molar-refractivity contribution in [2.75, 3.05) is 12.4 Å². The number of nitrogens with one attached hydrogen (secondary N) is 2. The third-order valence-corrected chi connectivity index (χ3v) is 2.60. The van der Waals surface area contributed by atoms with Crippen LogP contribution in [0.15, 0.2) is 6.20 Å². The highest BCUT2D eigenvalue weighted by atomic mass is 16.6. The fraction of sp³-hybridized carbons (Fsp3) is 0.200. The largest absolute Gasteiger partial charge is 0.475 e. The highest BCUT2D eigenvalue weighted by Gasteiger charge is 2.30. The summed E-state index contributed by atoms with van der Waals surface area (Å²) >= 11 is 0. The Hall–Kier alpha value is -3.42. The molecule has 1 amide bonds. The van der Waals surface area contributed by atoms with Crippen molar-refractivity contribution in [1.29, 1.82) is 5.26 Å². The van der Waals surface area contributed by atoms with Gasteiger partial charge in [-0.1, -0.05) is 0 Å². The number of amides is 1. The summed E-state index contributed by atoms with van der Waals surface area (Å²) in [6, 6.07) is 1.84. The third-order valence-electron chi connectivity index (χ3n) is 2.60. The summed E-state index contributed by atoms with van der Waals surface area (Å²) in [7, 11) is 2.71. The topological polar surface area (TPSA) is 152 Å². The summed E-state index contributed by atoms with van der Waals surface area (Å²) in [5.74, 6) is -1.03. The number of aryl methyl sites for hydroxylation is 1. The number of nitriles is 1. The van der Waals surface area contributed by atoms with Gasteiger partial charge in [-0.2, -0.15) is 10.4 Å². The van der Waals surface area contributed by atoms with Gasteiger partial charge in [-0.3, -0.25) is 24.7 Å². The molecule has 11 heteroatoms. The molecule has 108 valence electrons. The summed E-state index contributed by atoms with van der Waals surface area (Å²) in [5.41, 5.74) is -0.849.